The van der Waals surface area contributed by atoms with Crippen LogP contribution in [0.15, 0.2) is 24.3 Å². The van der Waals surface area contributed by atoms with Gasteiger partial charge in [-0.1, -0.05) is 23.6 Å². The van der Waals surface area contributed by atoms with Crippen LogP contribution in [0.3, 0.4) is 0 Å². The van der Waals surface area contributed by atoms with Crippen molar-refractivity contribution in [2.24, 2.45) is 0 Å². The number of piperidine rings is 1. The third-order valence-corrected chi connectivity index (χ3v) is 13.4. The van der Waals surface area contributed by atoms with Crippen molar-refractivity contribution in [3.8, 4) is 35.4 Å². The van der Waals surface area contributed by atoms with Gasteiger partial charge in [0.25, 0.3) is 0 Å². The van der Waals surface area contributed by atoms with Crippen molar-refractivity contribution in [1.82, 2.24) is 24.8 Å². The number of hydrogen-bond donors (Lipinski definition) is 0. The van der Waals surface area contributed by atoms with Crippen LogP contribution in [0.4, 0.5) is 19.4 Å². The average Bonchev–Trinajstić information content (AvgIpc) is 3.73. The zero-order chi connectivity index (χ0) is 43.8. The summed E-state index contributed by atoms with van der Waals surface area (Å²) in [5.74, 6) is 1.55. The number of anilines is 1. The number of carbonyl (C=O) groups is 1. The van der Waals surface area contributed by atoms with Gasteiger partial charge in [-0.05, 0) is 131 Å². The number of carbonyl (C=O) groups excluding carboxylic acids is 1. The first-order chi connectivity index (χ1) is 28.6. The fourth-order valence-corrected chi connectivity index (χ4v) is 10.5. The number of halogens is 3. The van der Waals surface area contributed by atoms with E-state index in [1.165, 1.54) is 6.07 Å². The molecule has 0 radical (unpaired) electrons. The van der Waals surface area contributed by atoms with E-state index >= 15 is 8.78 Å². The molecule has 5 aliphatic rings. The van der Waals surface area contributed by atoms with Gasteiger partial charge in [0.15, 0.2) is 5.82 Å². The van der Waals surface area contributed by atoms with Crippen molar-refractivity contribution >= 4 is 53.8 Å². The van der Waals surface area contributed by atoms with Crippen molar-refractivity contribution in [2.75, 3.05) is 37.7 Å². The number of hydrogen-bond acceptors (Lipinski definition) is 11. The Hall–Kier alpha value is -4.12. The molecular formula is C45H54ClF2N6O6P. The smallest absolute Gasteiger partial charge is 0.410 e. The summed E-state index contributed by atoms with van der Waals surface area (Å²) in [4.78, 5) is 33.7. The highest BCUT2D eigenvalue weighted by Crippen LogP contribution is 2.50. The molecule has 2 aromatic carbocycles. The van der Waals surface area contributed by atoms with Crippen molar-refractivity contribution in [2.45, 2.75) is 129 Å². The molecule has 12 nitrogen and oxygen atoms in total. The largest absolute Gasteiger partial charge is 0.461 e. The molecule has 61 heavy (non-hydrogen) atoms. The Balaban J connectivity index is 1.26. The van der Waals surface area contributed by atoms with Gasteiger partial charge in [0.05, 0.1) is 39.8 Å². The molecule has 5 saturated heterocycles. The van der Waals surface area contributed by atoms with Gasteiger partial charge in [-0.2, -0.15) is 9.97 Å². The zero-order valence-corrected chi connectivity index (χ0v) is 38.0. The lowest BCUT2D eigenvalue weighted by molar-refractivity contribution is -0.0380. The number of nitrogens with zero attached hydrogens (tertiary/aromatic N) is 6. The predicted molar refractivity (Wildman–Crippen MR) is 233 cm³/mol. The van der Waals surface area contributed by atoms with Gasteiger partial charge < -0.3 is 18.9 Å². The van der Waals surface area contributed by atoms with E-state index in [4.69, 9.17) is 51.0 Å². The van der Waals surface area contributed by atoms with Crippen molar-refractivity contribution in [3.05, 3.63) is 46.6 Å². The average molecular weight is 879 g/mol. The number of ether oxygens (including phenoxy) is 2. The van der Waals surface area contributed by atoms with Gasteiger partial charge >= 0.3 is 20.7 Å². The van der Waals surface area contributed by atoms with Gasteiger partial charge in [0.1, 0.15) is 46.0 Å². The molecule has 7 heterocycles. The van der Waals surface area contributed by atoms with E-state index in [-0.39, 0.29) is 73.7 Å². The van der Waals surface area contributed by atoms with E-state index in [1.54, 1.807) is 23.1 Å². The molecule has 0 spiro atoms. The number of aromatic nitrogens is 3. The highest BCUT2D eigenvalue weighted by Gasteiger charge is 2.50. The number of terminal acetylenes is 1. The van der Waals surface area contributed by atoms with Crippen LogP contribution in [0, 0.1) is 24.0 Å². The van der Waals surface area contributed by atoms with Crippen molar-refractivity contribution in [3.63, 3.8) is 0 Å². The molecule has 2 unspecified atom stereocenters. The summed E-state index contributed by atoms with van der Waals surface area (Å²) in [5, 5.41) is 0.801. The SMILES string of the molecule is C#Cc1c(F)ccc2cc(OP(OC(C)(C)C)OC(C)(C)C)cc(-c3nc(Cl)c4c(N5CC6CC(C5)N6C(=O)OC(C)(C)C)nc(OCC56CCCN5CCC6)nc4c3F)c12. The van der Waals surface area contributed by atoms with Crippen molar-refractivity contribution in [1.29, 1.82) is 0 Å². The summed E-state index contributed by atoms with van der Waals surface area (Å²) < 4.78 is 64.2. The van der Waals surface area contributed by atoms with Gasteiger partial charge in [-0.3, -0.25) is 18.8 Å². The first-order valence-electron chi connectivity index (χ1n) is 20.9. The summed E-state index contributed by atoms with van der Waals surface area (Å²) in [7, 11) is -1.99. The second-order valence-electron chi connectivity index (χ2n) is 19.5. The first-order valence-corrected chi connectivity index (χ1v) is 22.4. The number of rotatable bonds is 9. The lowest BCUT2D eigenvalue weighted by atomic mass is 9.88. The van der Waals surface area contributed by atoms with Gasteiger partial charge in [-0.25, -0.2) is 18.6 Å². The molecule has 5 aliphatic heterocycles. The lowest BCUT2D eigenvalue weighted by Crippen LogP contribution is -2.70. The van der Waals surface area contributed by atoms with Gasteiger partial charge in [0, 0.05) is 24.0 Å². The van der Waals surface area contributed by atoms with Crippen LogP contribution in [0.25, 0.3) is 32.9 Å². The molecule has 2 aromatic heterocycles. The maximum atomic E-state index is 17.7. The second kappa shape index (κ2) is 15.9. The maximum Gasteiger partial charge on any atom is 0.410 e. The van der Waals surface area contributed by atoms with Crippen LogP contribution < -0.4 is 14.2 Å². The first kappa shape index (κ1) is 43.5. The van der Waals surface area contributed by atoms with Crippen LogP contribution in [-0.2, 0) is 13.8 Å². The molecule has 16 heteroatoms. The minimum absolute atomic E-state index is 0.00686. The van der Waals surface area contributed by atoms with E-state index in [9.17, 15) is 4.79 Å². The van der Waals surface area contributed by atoms with Gasteiger partial charge in [-0.15, -0.1) is 6.42 Å². The van der Waals surface area contributed by atoms with E-state index in [0.717, 1.165) is 45.2 Å². The number of benzene rings is 2. The van der Waals surface area contributed by atoms with E-state index in [1.807, 2.05) is 67.2 Å². The molecule has 326 valence electrons. The summed E-state index contributed by atoms with van der Waals surface area (Å²) in [6.45, 7) is 20.0. The normalized spacial score (nSPS) is 20.3. The fourth-order valence-electron chi connectivity index (χ4n) is 9.00. The standard InChI is InChI=1S/C45H54ClF2N6O6P/c1-11-30-32(47)15-14-26-20-29(58-61(59-43(5,6)7)60-44(8,9)10)22-31(33(26)30)36-35(48)37-34(38(46)49-36)39(51-40(50-37)56-25-45-16-12-18-53(45)19-13-17-45)52-23-27-21-28(24-52)54(27)41(55)57-42(2,3)4/h1,14-15,20,22,27-28H,12-13,16-19,21,23-25H2,2-10H3. The maximum absolute atomic E-state index is 17.7. The summed E-state index contributed by atoms with van der Waals surface area (Å²) in [6.07, 6.45) is 10.4. The molecule has 1 amide bonds. The lowest BCUT2D eigenvalue weighted by Gasteiger charge is -2.56. The van der Waals surface area contributed by atoms with E-state index < -0.39 is 37.0 Å². The minimum atomic E-state index is -1.99. The Morgan fingerprint density at radius 1 is 0.934 bits per heavy atom. The molecule has 0 saturated carbocycles. The van der Waals surface area contributed by atoms with E-state index in [0.29, 0.717) is 30.9 Å². The van der Waals surface area contributed by atoms with Crippen LogP contribution in [0.2, 0.25) is 5.15 Å². The Kier molecular flexibility index (Phi) is 11.3. The Morgan fingerprint density at radius 3 is 2.20 bits per heavy atom. The predicted octanol–water partition coefficient (Wildman–Crippen LogP) is 10.2. The van der Waals surface area contributed by atoms with Crippen LogP contribution >= 0.6 is 20.2 Å². The minimum Gasteiger partial charge on any atom is -0.461 e. The Bertz CT molecular complexity index is 2390. The number of amides is 1. The highest BCUT2D eigenvalue weighted by atomic mass is 35.5. The molecule has 2 bridgehead atoms. The van der Waals surface area contributed by atoms with Crippen LogP contribution in [-0.4, -0.2) is 98.1 Å². The number of pyridine rings is 1. The Morgan fingerprint density at radius 2 is 1.59 bits per heavy atom. The van der Waals surface area contributed by atoms with Crippen LogP contribution in [0.5, 0.6) is 11.8 Å². The Labute approximate surface area is 362 Å². The number of fused-ring (bicyclic) bond motifs is 5. The van der Waals surface area contributed by atoms with E-state index in [2.05, 4.69) is 15.8 Å². The molecule has 0 N–H and O–H groups in total. The van der Waals surface area contributed by atoms with Crippen LogP contribution in [0.1, 0.15) is 100.0 Å². The topological polar surface area (TPSA) is 112 Å². The second-order valence-corrected chi connectivity index (χ2v) is 20.9. The fraction of sp³-hybridized carbons (Fsp3) is 0.556. The van der Waals surface area contributed by atoms with Crippen molar-refractivity contribution < 1.29 is 36.6 Å². The molecular weight excluding hydrogens is 825 g/mol. The summed E-state index contributed by atoms with van der Waals surface area (Å²) in [6, 6.07) is 5.69. The summed E-state index contributed by atoms with van der Waals surface area (Å²) >= 11 is 7.14. The summed E-state index contributed by atoms with van der Waals surface area (Å²) in [5.41, 5.74) is -2.36. The molecule has 4 aromatic rings. The third-order valence-electron chi connectivity index (χ3n) is 11.4. The molecule has 2 atom stereocenters. The molecule has 9 rings (SSSR count). The molecule has 5 fully saturated rings. The number of piperazine rings is 1. The molecule has 0 aliphatic carbocycles. The van der Waals surface area contributed by atoms with Gasteiger partial charge in [0.2, 0.25) is 0 Å². The highest BCUT2D eigenvalue weighted by molar-refractivity contribution is 7.42. The third kappa shape index (κ3) is 8.79. The quantitative estimate of drug-likeness (QED) is 0.0910. The zero-order valence-electron chi connectivity index (χ0n) is 36.3. The monoisotopic (exact) mass is 878 g/mol.